The van der Waals surface area contributed by atoms with Gasteiger partial charge in [0.05, 0.1) is 30.1 Å². The molecule has 124 valence electrons. The first-order valence-electron chi connectivity index (χ1n) is 7.94. The molecule has 2 aromatic carbocycles. The first-order chi connectivity index (χ1) is 11.6. The highest BCUT2D eigenvalue weighted by atomic mass is 32.2. The Hall–Kier alpha value is -2.34. The van der Waals surface area contributed by atoms with Gasteiger partial charge in [-0.05, 0) is 24.3 Å². The molecule has 0 N–H and O–H groups in total. The second-order valence-corrected chi connectivity index (χ2v) is 8.43. The minimum Gasteiger partial charge on any atom is -0.356 e. The van der Waals surface area contributed by atoms with Crippen LogP contribution in [0, 0.1) is 0 Å². The fourth-order valence-electron chi connectivity index (χ4n) is 3.71. The molecule has 2 fully saturated rings. The fraction of sp³-hybridized carbons (Fsp3) is 0.278. The van der Waals surface area contributed by atoms with E-state index in [1.807, 2.05) is 65.6 Å². The molecule has 0 unspecified atom stereocenters. The summed E-state index contributed by atoms with van der Waals surface area (Å²) in [4.78, 5) is 16.4. The Labute approximate surface area is 141 Å². The Balaban J connectivity index is 1.77. The molecule has 2 heterocycles. The lowest BCUT2D eigenvalue weighted by molar-refractivity contribution is -0.118. The second-order valence-electron chi connectivity index (χ2n) is 6.27. The van der Waals surface area contributed by atoms with Crippen LogP contribution in [0.2, 0.25) is 0 Å². The molecule has 4 rings (SSSR count). The van der Waals surface area contributed by atoms with E-state index in [2.05, 4.69) is 0 Å². The zero-order valence-corrected chi connectivity index (χ0v) is 13.9. The van der Waals surface area contributed by atoms with Crippen molar-refractivity contribution in [1.82, 2.24) is 0 Å². The molecule has 2 aromatic rings. The van der Waals surface area contributed by atoms with E-state index in [0.29, 0.717) is 0 Å². The molecule has 0 aromatic heterocycles. The van der Waals surface area contributed by atoms with E-state index in [1.165, 1.54) is 0 Å². The quantitative estimate of drug-likeness (QED) is 0.834. The Morgan fingerprint density at radius 2 is 1.33 bits per heavy atom. The average molecular weight is 342 g/mol. The highest BCUT2D eigenvalue weighted by molar-refractivity contribution is 7.91. The van der Waals surface area contributed by atoms with E-state index in [4.69, 9.17) is 0 Å². The van der Waals surface area contributed by atoms with Gasteiger partial charge in [-0.2, -0.15) is 0 Å². The predicted molar refractivity (Wildman–Crippen MR) is 93.9 cm³/mol. The third kappa shape index (κ3) is 2.57. The molecule has 2 atom stereocenters. The number of hydrogen-bond acceptors (Lipinski definition) is 4. The van der Waals surface area contributed by atoms with E-state index in [-0.39, 0.29) is 36.0 Å². The maximum atomic E-state index is 12.8. The highest BCUT2D eigenvalue weighted by Gasteiger charge is 2.49. The topological polar surface area (TPSA) is 57.7 Å². The summed E-state index contributed by atoms with van der Waals surface area (Å²) in [5.41, 5.74) is 1.66. The van der Waals surface area contributed by atoms with Gasteiger partial charge in [0.25, 0.3) is 0 Å². The van der Waals surface area contributed by atoms with Crippen molar-refractivity contribution in [3.05, 3.63) is 60.7 Å². The van der Waals surface area contributed by atoms with Gasteiger partial charge < -0.3 is 9.80 Å². The van der Waals surface area contributed by atoms with Crippen LogP contribution in [0.1, 0.15) is 0 Å². The van der Waals surface area contributed by atoms with Gasteiger partial charge in [0.1, 0.15) is 0 Å². The lowest BCUT2D eigenvalue weighted by atomic mass is 10.0. The summed E-state index contributed by atoms with van der Waals surface area (Å²) < 4.78 is 24.6. The van der Waals surface area contributed by atoms with Gasteiger partial charge in [-0.15, -0.1) is 0 Å². The smallest absolute Gasteiger partial charge is 0.246 e. The van der Waals surface area contributed by atoms with Gasteiger partial charge in [-0.1, -0.05) is 36.4 Å². The third-order valence-corrected chi connectivity index (χ3v) is 6.42. The molecular weight excluding hydrogens is 324 g/mol. The number of piperazine rings is 1. The van der Waals surface area contributed by atoms with Crippen LogP contribution in [0.4, 0.5) is 11.4 Å². The molecule has 0 saturated carbocycles. The van der Waals surface area contributed by atoms with Crippen molar-refractivity contribution in [2.24, 2.45) is 0 Å². The van der Waals surface area contributed by atoms with E-state index < -0.39 is 9.84 Å². The molecular formula is C18H18N2O3S. The molecule has 0 aliphatic carbocycles. The van der Waals surface area contributed by atoms with E-state index in [1.54, 1.807) is 4.90 Å². The summed E-state index contributed by atoms with van der Waals surface area (Å²) in [5.74, 6) is 0.0357. The lowest BCUT2D eigenvalue weighted by Crippen LogP contribution is -2.62. The number of fused-ring (bicyclic) bond motifs is 1. The van der Waals surface area contributed by atoms with E-state index in [0.717, 1.165) is 11.4 Å². The molecule has 0 bridgehead atoms. The molecule has 0 radical (unpaired) electrons. The predicted octanol–water partition coefficient (Wildman–Crippen LogP) is 1.71. The average Bonchev–Trinajstić information content (AvgIpc) is 2.90. The van der Waals surface area contributed by atoms with Crippen molar-refractivity contribution in [2.45, 2.75) is 12.1 Å². The number of hydrogen-bond donors (Lipinski definition) is 0. The van der Waals surface area contributed by atoms with Crippen molar-refractivity contribution in [3.8, 4) is 0 Å². The zero-order chi connectivity index (χ0) is 16.7. The highest BCUT2D eigenvalue weighted by Crippen LogP contribution is 2.34. The van der Waals surface area contributed by atoms with Crippen molar-refractivity contribution >= 4 is 27.1 Å². The summed E-state index contributed by atoms with van der Waals surface area (Å²) in [5, 5.41) is 0. The SMILES string of the molecule is O=C1CN(c2ccccc2)[C@H]2CS(=O)(=O)C[C@H]2N1c1ccccc1. The zero-order valence-electron chi connectivity index (χ0n) is 13.1. The summed E-state index contributed by atoms with van der Waals surface area (Å²) in [6.45, 7) is 0.190. The standard InChI is InChI=1S/C18H18N2O3S/c21-18-11-19(14-7-3-1-4-8-14)16-12-24(22,23)13-17(16)20(18)15-9-5-2-6-10-15/h1-10,16-17H,11-13H2/t16-,17+/m0/s1. The van der Waals surface area contributed by atoms with Crippen LogP contribution in [-0.4, -0.2) is 44.5 Å². The number of carbonyl (C=O) groups is 1. The lowest BCUT2D eigenvalue weighted by Gasteiger charge is -2.44. The molecule has 1 amide bonds. The van der Waals surface area contributed by atoms with Crippen LogP contribution in [-0.2, 0) is 14.6 Å². The number of carbonyl (C=O) groups excluding carboxylic acids is 1. The fourth-order valence-corrected chi connectivity index (χ4v) is 5.66. The van der Waals surface area contributed by atoms with Crippen LogP contribution < -0.4 is 9.80 Å². The summed E-state index contributed by atoms with van der Waals surface area (Å²) in [7, 11) is -3.17. The van der Waals surface area contributed by atoms with Crippen LogP contribution in [0.3, 0.4) is 0 Å². The van der Waals surface area contributed by atoms with Crippen LogP contribution in [0.25, 0.3) is 0 Å². The number of nitrogens with zero attached hydrogens (tertiary/aromatic N) is 2. The van der Waals surface area contributed by atoms with Gasteiger partial charge in [0.15, 0.2) is 9.84 Å². The molecule has 6 heteroatoms. The van der Waals surface area contributed by atoms with E-state index in [9.17, 15) is 13.2 Å². The third-order valence-electron chi connectivity index (χ3n) is 4.72. The molecule has 24 heavy (non-hydrogen) atoms. The Morgan fingerprint density at radius 3 is 1.96 bits per heavy atom. The van der Waals surface area contributed by atoms with Gasteiger partial charge in [-0.3, -0.25) is 4.79 Å². The normalized spacial score (nSPS) is 25.6. The van der Waals surface area contributed by atoms with Crippen LogP contribution in [0.5, 0.6) is 0 Å². The minimum atomic E-state index is -3.17. The van der Waals surface area contributed by atoms with Gasteiger partial charge in [-0.25, -0.2) is 8.42 Å². The van der Waals surface area contributed by atoms with Crippen molar-refractivity contribution in [1.29, 1.82) is 0 Å². The summed E-state index contributed by atoms with van der Waals surface area (Å²) in [6.07, 6.45) is 0. The molecule has 5 nitrogen and oxygen atoms in total. The largest absolute Gasteiger partial charge is 0.356 e. The number of para-hydroxylation sites is 2. The number of anilines is 2. The monoisotopic (exact) mass is 342 g/mol. The number of benzene rings is 2. The molecule has 0 spiro atoms. The number of rotatable bonds is 2. The van der Waals surface area contributed by atoms with Crippen LogP contribution in [0.15, 0.2) is 60.7 Å². The Morgan fingerprint density at radius 1 is 0.792 bits per heavy atom. The Kier molecular flexibility index (Phi) is 3.57. The van der Waals surface area contributed by atoms with E-state index >= 15 is 0 Å². The maximum absolute atomic E-state index is 12.8. The number of amides is 1. The molecule has 2 aliphatic heterocycles. The molecule has 2 saturated heterocycles. The maximum Gasteiger partial charge on any atom is 0.246 e. The van der Waals surface area contributed by atoms with Gasteiger partial charge in [0.2, 0.25) is 5.91 Å². The van der Waals surface area contributed by atoms with Crippen LogP contribution >= 0.6 is 0 Å². The second kappa shape index (κ2) is 5.63. The van der Waals surface area contributed by atoms with Gasteiger partial charge >= 0.3 is 0 Å². The first-order valence-corrected chi connectivity index (χ1v) is 9.76. The van der Waals surface area contributed by atoms with Gasteiger partial charge in [0, 0.05) is 11.4 Å². The van der Waals surface area contributed by atoms with Crippen molar-refractivity contribution < 1.29 is 13.2 Å². The van der Waals surface area contributed by atoms with Crippen molar-refractivity contribution in [3.63, 3.8) is 0 Å². The summed E-state index contributed by atoms with van der Waals surface area (Å²) >= 11 is 0. The Bertz CT molecular complexity index is 852. The van der Waals surface area contributed by atoms with Crippen molar-refractivity contribution in [2.75, 3.05) is 27.9 Å². The first kappa shape index (κ1) is 15.2. The molecule has 2 aliphatic rings. The minimum absolute atomic E-state index is 0.0155. The summed E-state index contributed by atoms with van der Waals surface area (Å²) in [6, 6.07) is 18.3. The number of sulfone groups is 1.